The number of carbonyl (C=O) groups is 1. The molecular weight excluding hydrogens is 354 g/mol. The first kappa shape index (κ1) is 18.0. The number of amides is 1. The second-order valence-electron chi connectivity index (χ2n) is 7.08. The molecule has 2 atom stereocenters. The van der Waals surface area contributed by atoms with Gasteiger partial charge in [-0.2, -0.15) is 10.5 Å². The number of benzene rings is 1. The number of rotatable bonds is 4. The van der Waals surface area contributed by atoms with E-state index in [-0.39, 0.29) is 18.0 Å². The Morgan fingerprint density at radius 3 is 2.89 bits per heavy atom. The summed E-state index contributed by atoms with van der Waals surface area (Å²) in [6, 6.07) is 13.1. The van der Waals surface area contributed by atoms with E-state index >= 15 is 0 Å². The number of methoxy groups -OCH3 is 1. The fourth-order valence-electron chi connectivity index (χ4n) is 3.99. The molecule has 1 amide bonds. The molecule has 2 aliphatic heterocycles. The summed E-state index contributed by atoms with van der Waals surface area (Å²) in [7, 11) is 1.62. The van der Waals surface area contributed by atoms with E-state index in [9.17, 15) is 10.1 Å². The maximum Gasteiger partial charge on any atom is 0.273 e. The van der Waals surface area contributed by atoms with Gasteiger partial charge in [0.15, 0.2) is 6.19 Å². The maximum absolute atomic E-state index is 13.0. The van der Waals surface area contributed by atoms with Crippen LogP contribution in [0.5, 0.6) is 0 Å². The highest BCUT2D eigenvalue weighted by Crippen LogP contribution is 2.31. The molecule has 140 valence electrons. The fraction of sp³-hybridized carbons (Fsp3) is 0.333. The van der Waals surface area contributed by atoms with Crippen molar-refractivity contribution in [1.29, 1.82) is 10.5 Å². The molecule has 7 heteroatoms. The summed E-state index contributed by atoms with van der Waals surface area (Å²) in [4.78, 5) is 21.1. The fourth-order valence-corrected chi connectivity index (χ4v) is 3.99. The third-order valence-corrected chi connectivity index (χ3v) is 5.39. The van der Waals surface area contributed by atoms with Gasteiger partial charge in [0.25, 0.3) is 5.91 Å². The summed E-state index contributed by atoms with van der Waals surface area (Å²) < 4.78 is 5.21. The minimum atomic E-state index is -0.103. The number of carbonyl (C=O) groups excluding carboxylic acids is 1. The lowest BCUT2D eigenvalue weighted by Crippen LogP contribution is -2.37. The molecule has 0 unspecified atom stereocenters. The first-order valence-electron chi connectivity index (χ1n) is 9.11. The smallest absolute Gasteiger partial charge is 0.273 e. The first-order chi connectivity index (χ1) is 13.6. The van der Waals surface area contributed by atoms with E-state index in [4.69, 9.17) is 10.00 Å². The molecule has 3 heterocycles. The highest BCUT2D eigenvalue weighted by Gasteiger charge is 2.41. The predicted octanol–water partition coefficient (Wildman–Crippen LogP) is 2.15. The Morgan fingerprint density at radius 1 is 1.29 bits per heavy atom. The van der Waals surface area contributed by atoms with Gasteiger partial charge in [0, 0.05) is 31.3 Å². The van der Waals surface area contributed by atoms with Crippen molar-refractivity contribution < 1.29 is 9.53 Å². The monoisotopic (exact) mass is 373 g/mol. The van der Waals surface area contributed by atoms with Crippen molar-refractivity contribution in [3.8, 4) is 23.5 Å². The Balaban J connectivity index is 1.58. The predicted molar refractivity (Wildman–Crippen MR) is 101 cm³/mol. The number of hydrogen-bond acceptors (Lipinski definition) is 6. The van der Waals surface area contributed by atoms with E-state index in [1.165, 1.54) is 0 Å². The standard InChI is InChI=1S/C21H19N5O2/c1-28-12-18-8-17(11-25(18)13-23)26-10-16-5-6-19(24-20(16)21(26)27)15-4-2-3-14(7-15)9-22/h2-7,17-18H,8,10-12H2,1H3/t17-,18+/m1/s1. The van der Waals surface area contributed by atoms with E-state index < -0.39 is 0 Å². The first-order valence-corrected chi connectivity index (χ1v) is 9.11. The van der Waals surface area contributed by atoms with Crippen molar-refractivity contribution >= 4 is 5.91 Å². The van der Waals surface area contributed by atoms with Gasteiger partial charge >= 0.3 is 0 Å². The molecule has 0 saturated carbocycles. The topological polar surface area (TPSA) is 93.2 Å². The van der Waals surface area contributed by atoms with E-state index in [1.54, 1.807) is 24.1 Å². The highest BCUT2D eigenvalue weighted by molar-refractivity contribution is 5.97. The lowest BCUT2D eigenvalue weighted by Gasteiger charge is -2.22. The number of likely N-dealkylation sites (tertiary alicyclic amines) is 1. The molecule has 0 spiro atoms. The second-order valence-corrected chi connectivity index (χ2v) is 7.08. The Bertz CT molecular complexity index is 1010. The second kappa shape index (κ2) is 7.30. The zero-order valence-corrected chi connectivity index (χ0v) is 15.5. The third kappa shape index (κ3) is 3.06. The van der Waals surface area contributed by atoms with Gasteiger partial charge in [-0.25, -0.2) is 4.98 Å². The minimum absolute atomic E-state index is 0.00578. The lowest BCUT2D eigenvalue weighted by atomic mass is 10.1. The molecule has 0 bridgehead atoms. The van der Waals surface area contributed by atoms with Crippen LogP contribution in [0.15, 0.2) is 36.4 Å². The number of fused-ring (bicyclic) bond motifs is 1. The quantitative estimate of drug-likeness (QED) is 0.763. The number of hydrogen-bond donors (Lipinski definition) is 0. The average molecular weight is 373 g/mol. The van der Waals surface area contributed by atoms with Gasteiger partial charge in [-0.05, 0) is 24.6 Å². The summed E-state index contributed by atoms with van der Waals surface area (Å²) in [5, 5.41) is 18.4. The number of nitrogens with zero attached hydrogens (tertiary/aromatic N) is 5. The molecule has 0 N–H and O–H groups in total. The van der Waals surface area contributed by atoms with Crippen molar-refractivity contribution in [1.82, 2.24) is 14.8 Å². The summed E-state index contributed by atoms with van der Waals surface area (Å²) in [6.45, 7) is 1.49. The number of aromatic nitrogens is 1. The molecule has 2 aromatic rings. The van der Waals surface area contributed by atoms with E-state index in [2.05, 4.69) is 17.2 Å². The summed E-state index contributed by atoms with van der Waals surface area (Å²) in [6.07, 6.45) is 2.91. The number of pyridine rings is 1. The third-order valence-electron chi connectivity index (χ3n) is 5.39. The molecule has 2 aliphatic rings. The van der Waals surface area contributed by atoms with Gasteiger partial charge in [0.1, 0.15) is 5.69 Å². The van der Waals surface area contributed by atoms with Gasteiger partial charge in [0.2, 0.25) is 0 Å². The Hall–Kier alpha value is -3.42. The summed E-state index contributed by atoms with van der Waals surface area (Å²) in [5.41, 5.74) is 3.39. The number of nitriles is 2. The van der Waals surface area contributed by atoms with Crippen LogP contribution in [0.1, 0.15) is 28.0 Å². The van der Waals surface area contributed by atoms with Gasteiger partial charge in [-0.1, -0.05) is 18.2 Å². The zero-order chi connectivity index (χ0) is 19.7. The Labute approximate surface area is 163 Å². The highest BCUT2D eigenvalue weighted by atomic mass is 16.5. The van der Waals surface area contributed by atoms with Gasteiger partial charge in [0.05, 0.1) is 36.0 Å². The normalized spacial score (nSPS) is 20.8. The van der Waals surface area contributed by atoms with Crippen LogP contribution in [0, 0.1) is 22.8 Å². The maximum atomic E-state index is 13.0. The largest absolute Gasteiger partial charge is 0.383 e. The van der Waals surface area contributed by atoms with Crippen molar-refractivity contribution in [2.75, 3.05) is 20.3 Å². The van der Waals surface area contributed by atoms with Crippen molar-refractivity contribution in [3.05, 3.63) is 53.2 Å². The van der Waals surface area contributed by atoms with Crippen LogP contribution in [0.4, 0.5) is 0 Å². The van der Waals surface area contributed by atoms with Crippen LogP contribution in [0.3, 0.4) is 0 Å². The zero-order valence-electron chi connectivity index (χ0n) is 15.5. The summed E-state index contributed by atoms with van der Waals surface area (Å²) >= 11 is 0. The van der Waals surface area contributed by atoms with Crippen LogP contribution >= 0.6 is 0 Å². The molecule has 1 aromatic carbocycles. The molecule has 1 aromatic heterocycles. The van der Waals surface area contributed by atoms with Gasteiger partial charge < -0.3 is 14.5 Å². The van der Waals surface area contributed by atoms with E-state index in [1.807, 2.05) is 29.2 Å². The summed E-state index contributed by atoms with van der Waals surface area (Å²) in [5.74, 6) is -0.103. The van der Waals surface area contributed by atoms with Crippen LogP contribution < -0.4 is 0 Å². The van der Waals surface area contributed by atoms with Crippen molar-refractivity contribution in [2.24, 2.45) is 0 Å². The van der Waals surface area contributed by atoms with E-state index in [0.29, 0.717) is 43.1 Å². The average Bonchev–Trinajstić information content (AvgIpc) is 3.28. The van der Waals surface area contributed by atoms with Gasteiger partial charge in [-0.15, -0.1) is 0 Å². The van der Waals surface area contributed by atoms with Crippen LogP contribution in [0.2, 0.25) is 0 Å². The molecule has 7 nitrogen and oxygen atoms in total. The van der Waals surface area contributed by atoms with Crippen molar-refractivity contribution in [3.63, 3.8) is 0 Å². The molecule has 4 rings (SSSR count). The molecular formula is C21H19N5O2. The molecule has 1 fully saturated rings. The lowest BCUT2D eigenvalue weighted by molar-refractivity contribution is 0.0705. The Kier molecular flexibility index (Phi) is 4.68. The van der Waals surface area contributed by atoms with Gasteiger partial charge in [-0.3, -0.25) is 4.79 Å². The molecule has 28 heavy (non-hydrogen) atoms. The van der Waals surface area contributed by atoms with Crippen molar-refractivity contribution in [2.45, 2.75) is 25.0 Å². The molecule has 0 aliphatic carbocycles. The minimum Gasteiger partial charge on any atom is -0.383 e. The van der Waals surface area contributed by atoms with Crippen LogP contribution in [0.25, 0.3) is 11.3 Å². The molecule has 0 radical (unpaired) electrons. The van der Waals surface area contributed by atoms with E-state index in [0.717, 1.165) is 11.1 Å². The molecule has 1 saturated heterocycles. The Morgan fingerprint density at radius 2 is 2.14 bits per heavy atom. The number of ether oxygens (including phenoxy) is 1. The van der Waals surface area contributed by atoms with Crippen LogP contribution in [-0.4, -0.2) is 53.0 Å². The van der Waals surface area contributed by atoms with Crippen LogP contribution in [-0.2, 0) is 11.3 Å². The SMILES string of the molecule is COC[C@@H]1C[C@@H](N2Cc3ccc(-c4cccc(C#N)c4)nc3C2=O)CN1C#N.